The SMILES string of the molecule is O=c1cc(-c2ccccc2)nc(-c2ccc(Cl)cc2Br)[nH]1. The van der Waals surface area contributed by atoms with E-state index >= 15 is 0 Å². The smallest absolute Gasteiger partial charge is 0.251 e. The molecule has 0 unspecified atom stereocenters. The number of hydrogen-bond donors (Lipinski definition) is 1. The summed E-state index contributed by atoms with van der Waals surface area (Å²) >= 11 is 9.38. The van der Waals surface area contributed by atoms with Gasteiger partial charge in [-0.2, -0.15) is 0 Å². The van der Waals surface area contributed by atoms with Crippen molar-refractivity contribution in [2.45, 2.75) is 0 Å². The minimum Gasteiger partial charge on any atom is -0.306 e. The molecule has 5 heteroatoms. The van der Waals surface area contributed by atoms with E-state index in [1.807, 2.05) is 36.4 Å². The molecular formula is C16H10BrClN2O. The summed E-state index contributed by atoms with van der Waals surface area (Å²) in [5.41, 5.74) is 2.13. The molecule has 3 aromatic rings. The lowest BCUT2D eigenvalue weighted by Gasteiger charge is -2.07. The van der Waals surface area contributed by atoms with E-state index in [9.17, 15) is 4.79 Å². The fraction of sp³-hybridized carbons (Fsp3) is 0. The van der Waals surface area contributed by atoms with Crippen molar-refractivity contribution < 1.29 is 0 Å². The summed E-state index contributed by atoms with van der Waals surface area (Å²) in [7, 11) is 0. The number of H-pyrrole nitrogens is 1. The van der Waals surface area contributed by atoms with E-state index in [0.29, 0.717) is 16.5 Å². The fourth-order valence-corrected chi connectivity index (χ4v) is 2.89. The van der Waals surface area contributed by atoms with Gasteiger partial charge >= 0.3 is 0 Å². The molecule has 0 saturated carbocycles. The van der Waals surface area contributed by atoms with Gasteiger partial charge in [-0.25, -0.2) is 4.98 Å². The molecule has 2 aromatic carbocycles. The zero-order valence-electron chi connectivity index (χ0n) is 10.8. The Morgan fingerprint density at radius 1 is 1.05 bits per heavy atom. The van der Waals surface area contributed by atoms with Crippen LogP contribution in [0.1, 0.15) is 0 Å². The Bertz CT molecular complexity index is 846. The van der Waals surface area contributed by atoms with Crippen molar-refractivity contribution in [1.82, 2.24) is 9.97 Å². The van der Waals surface area contributed by atoms with Crippen LogP contribution in [0.5, 0.6) is 0 Å². The lowest BCUT2D eigenvalue weighted by molar-refractivity contribution is 1.13. The molecule has 3 nitrogen and oxygen atoms in total. The highest BCUT2D eigenvalue weighted by atomic mass is 79.9. The molecule has 0 amide bonds. The third-order valence-corrected chi connectivity index (χ3v) is 3.89. The molecular weight excluding hydrogens is 352 g/mol. The van der Waals surface area contributed by atoms with Gasteiger partial charge in [0.2, 0.25) is 0 Å². The highest BCUT2D eigenvalue weighted by molar-refractivity contribution is 9.10. The maximum atomic E-state index is 11.9. The van der Waals surface area contributed by atoms with Gasteiger partial charge in [0.05, 0.1) is 5.69 Å². The number of aromatic nitrogens is 2. The predicted octanol–water partition coefficient (Wildman–Crippen LogP) is 4.52. The monoisotopic (exact) mass is 360 g/mol. The molecule has 1 aromatic heterocycles. The Morgan fingerprint density at radius 2 is 1.81 bits per heavy atom. The van der Waals surface area contributed by atoms with Crippen molar-refractivity contribution >= 4 is 27.5 Å². The van der Waals surface area contributed by atoms with Crippen LogP contribution in [-0.2, 0) is 0 Å². The van der Waals surface area contributed by atoms with Crippen LogP contribution in [-0.4, -0.2) is 9.97 Å². The first-order valence-electron chi connectivity index (χ1n) is 6.26. The van der Waals surface area contributed by atoms with Crippen LogP contribution in [0.25, 0.3) is 22.6 Å². The van der Waals surface area contributed by atoms with Crippen molar-refractivity contribution in [3.8, 4) is 22.6 Å². The second-order valence-corrected chi connectivity index (χ2v) is 5.76. The molecule has 0 radical (unpaired) electrons. The van der Waals surface area contributed by atoms with E-state index in [0.717, 1.165) is 15.6 Å². The normalized spacial score (nSPS) is 10.6. The van der Waals surface area contributed by atoms with Gasteiger partial charge in [-0.15, -0.1) is 0 Å². The van der Waals surface area contributed by atoms with Gasteiger partial charge in [0.25, 0.3) is 5.56 Å². The molecule has 0 aliphatic carbocycles. The molecule has 104 valence electrons. The van der Waals surface area contributed by atoms with E-state index in [1.165, 1.54) is 6.07 Å². The van der Waals surface area contributed by atoms with Crippen LogP contribution in [0.3, 0.4) is 0 Å². The van der Waals surface area contributed by atoms with Crippen LogP contribution in [0.2, 0.25) is 5.02 Å². The van der Waals surface area contributed by atoms with Crippen molar-refractivity contribution in [3.05, 3.63) is 74.4 Å². The second-order valence-electron chi connectivity index (χ2n) is 4.47. The Hall–Kier alpha value is -1.91. The van der Waals surface area contributed by atoms with Gasteiger partial charge in [0.15, 0.2) is 0 Å². The predicted molar refractivity (Wildman–Crippen MR) is 88.4 cm³/mol. The Balaban J connectivity index is 2.16. The number of rotatable bonds is 2. The Morgan fingerprint density at radius 3 is 2.52 bits per heavy atom. The Labute approximate surface area is 134 Å². The van der Waals surface area contributed by atoms with E-state index in [4.69, 9.17) is 11.6 Å². The molecule has 1 heterocycles. The zero-order chi connectivity index (χ0) is 14.8. The summed E-state index contributed by atoms with van der Waals surface area (Å²) in [5, 5.41) is 0.618. The Kier molecular flexibility index (Phi) is 3.90. The number of aromatic amines is 1. The molecule has 0 bridgehead atoms. The van der Waals surface area contributed by atoms with Gasteiger partial charge in [-0.05, 0) is 34.1 Å². The first-order valence-corrected chi connectivity index (χ1v) is 7.43. The van der Waals surface area contributed by atoms with Gasteiger partial charge in [0.1, 0.15) is 5.82 Å². The molecule has 0 aliphatic rings. The molecule has 0 aliphatic heterocycles. The molecule has 0 spiro atoms. The van der Waals surface area contributed by atoms with Gasteiger partial charge < -0.3 is 4.98 Å². The quantitative estimate of drug-likeness (QED) is 0.729. The number of halogens is 2. The average Bonchev–Trinajstić information content (AvgIpc) is 2.47. The molecule has 0 saturated heterocycles. The average molecular weight is 362 g/mol. The standard InChI is InChI=1S/C16H10BrClN2O/c17-13-8-11(18)6-7-12(13)16-19-14(9-15(21)20-16)10-4-2-1-3-5-10/h1-9H,(H,19,20,21). The summed E-state index contributed by atoms with van der Waals surface area (Å²) in [6.07, 6.45) is 0. The van der Waals surface area contributed by atoms with Crippen molar-refractivity contribution in [2.75, 3.05) is 0 Å². The molecule has 1 N–H and O–H groups in total. The molecule has 3 rings (SSSR count). The van der Waals surface area contributed by atoms with Crippen LogP contribution in [0, 0.1) is 0 Å². The summed E-state index contributed by atoms with van der Waals surface area (Å²) in [4.78, 5) is 19.2. The number of nitrogens with one attached hydrogen (secondary N) is 1. The van der Waals surface area contributed by atoms with E-state index in [1.54, 1.807) is 12.1 Å². The lowest BCUT2D eigenvalue weighted by atomic mass is 10.1. The summed E-state index contributed by atoms with van der Waals surface area (Å²) < 4.78 is 0.781. The maximum absolute atomic E-state index is 11.9. The summed E-state index contributed by atoms with van der Waals surface area (Å²) in [6.45, 7) is 0. The number of nitrogens with zero attached hydrogens (tertiary/aromatic N) is 1. The van der Waals surface area contributed by atoms with E-state index < -0.39 is 0 Å². The lowest BCUT2D eigenvalue weighted by Crippen LogP contribution is -2.08. The van der Waals surface area contributed by atoms with Crippen molar-refractivity contribution in [2.24, 2.45) is 0 Å². The number of hydrogen-bond acceptors (Lipinski definition) is 2. The first kappa shape index (κ1) is 14.0. The number of benzene rings is 2. The highest BCUT2D eigenvalue weighted by Crippen LogP contribution is 2.29. The molecule has 0 fully saturated rings. The second kappa shape index (κ2) is 5.84. The minimum absolute atomic E-state index is 0.194. The first-order chi connectivity index (χ1) is 10.1. The highest BCUT2D eigenvalue weighted by Gasteiger charge is 2.09. The third-order valence-electron chi connectivity index (χ3n) is 3.00. The van der Waals surface area contributed by atoms with Crippen LogP contribution in [0.15, 0.2) is 63.9 Å². The topological polar surface area (TPSA) is 45.8 Å². The minimum atomic E-state index is -0.194. The van der Waals surface area contributed by atoms with Crippen LogP contribution in [0.4, 0.5) is 0 Å². The van der Waals surface area contributed by atoms with Gasteiger partial charge in [0, 0.05) is 26.7 Å². The van der Waals surface area contributed by atoms with Crippen molar-refractivity contribution in [3.63, 3.8) is 0 Å². The van der Waals surface area contributed by atoms with Crippen LogP contribution < -0.4 is 5.56 Å². The van der Waals surface area contributed by atoms with Gasteiger partial charge in [-0.3, -0.25) is 4.79 Å². The molecule has 0 atom stereocenters. The molecule has 21 heavy (non-hydrogen) atoms. The van der Waals surface area contributed by atoms with E-state index in [-0.39, 0.29) is 5.56 Å². The summed E-state index contributed by atoms with van der Waals surface area (Å²) in [6, 6.07) is 16.4. The zero-order valence-corrected chi connectivity index (χ0v) is 13.1. The maximum Gasteiger partial charge on any atom is 0.251 e. The van der Waals surface area contributed by atoms with Gasteiger partial charge in [-0.1, -0.05) is 41.9 Å². The summed E-state index contributed by atoms with van der Waals surface area (Å²) in [5.74, 6) is 0.505. The largest absolute Gasteiger partial charge is 0.306 e. The van der Waals surface area contributed by atoms with Crippen LogP contribution >= 0.6 is 27.5 Å². The third kappa shape index (κ3) is 3.06. The fourth-order valence-electron chi connectivity index (χ4n) is 2.02. The van der Waals surface area contributed by atoms with Crippen molar-refractivity contribution in [1.29, 1.82) is 0 Å². The van der Waals surface area contributed by atoms with E-state index in [2.05, 4.69) is 25.9 Å².